The fourth-order valence-corrected chi connectivity index (χ4v) is 1.79. The van der Waals surface area contributed by atoms with Gasteiger partial charge in [0.05, 0.1) is 19.8 Å². The van der Waals surface area contributed by atoms with Gasteiger partial charge in [-0.05, 0) is 11.1 Å². The molecule has 2 N–H and O–H groups in total. The van der Waals surface area contributed by atoms with Crippen LogP contribution in [0.4, 0.5) is 0 Å². The summed E-state index contributed by atoms with van der Waals surface area (Å²) in [7, 11) is 0. The van der Waals surface area contributed by atoms with Gasteiger partial charge in [0.2, 0.25) is 0 Å². The molecule has 0 aromatic carbocycles. The van der Waals surface area contributed by atoms with Gasteiger partial charge in [-0.3, -0.25) is 0 Å². The van der Waals surface area contributed by atoms with Crippen LogP contribution in [-0.2, 0) is 4.74 Å². The van der Waals surface area contributed by atoms with Crippen molar-refractivity contribution in [2.24, 2.45) is 0 Å². The van der Waals surface area contributed by atoms with E-state index in [1.807, 2.05) is 24.3 Å². The molecule has 0 unspecified atom stereocenters. The van der Waals surface area contributed by atoms with Gasteiger partial charge in [0, 0.05) is 0 Å². The Balaban J connectivity index is 2.20. The normalized spacial score (nSPS) is 22.0. The molecule has 0 radical (unpaired) electrons. The molecule has 2 aliphatic rings. The first-order chi connectivity index (χ1) is 6.33. The Morgan fingerprint density at radius 3 is 2.15 bits per heavy atom. The topological polar surface area (TPSA) is 49.7 Å². The Hall–Kier alpha value is -0.900. The van der Waals surface area contributed by atoms with Gasteiger partial charge in [0.1, 0.15) is 5.60 Å². The average molecular weight is 180 g/mol. The minimum atomic E-state index is -0.678. The molecule has 70 valence electrons. The minimum absolute atomic E-state index is 0.0255. The third-order valence-electron chi connectivity index (χ3n) is 2.48. The second-order valence-corrected chi connectivity index (χ2v) is 3.13. The highest BCUT2D eigenvalue weighted by atomic mass is 16.5. The molecule has 2 bridgehead atoms. The quantitative estimate of drug-likeness (QED) is 0.648. The monoisotopic (exact) mass is 180 g/mol. The summed E-state index contributed by atoms with van der Waals surface area (Å²) in [4.78, 5) is 0. The zero-order chi connectivity index (χ0) is 9.31. The number of aliphatic hydroxyl groups excluding tert-OH is 2. The van der Waals surface area contributed by atoms with Gasteiger partial charge in [0.15, 0.2) is 0 Å². The third kappa shape index (κ3) is 1.09. The van der Waals surface area contributed by atoms with E-state index in [9.17, 15) is 5.11 Å². The highest BCUT2D eigenvalue weighted by molar-refractivity contribution is 5.60. The molecule has 3 nitrogen and oxygen atoms in total. The molecule has 13 heavy (non-hydrogen) atoms. The van der Waals surface area contributed by atoms with Crippen LogP contribution in [0.25, 0.3) is 0 Å². The van der Waals surface area contributed by atoms with Crippen LogP contribution in [0.2, 0.25) is 0 Å². The zero-order valence-corrected chi connectivity index (χ0v) is 7.23. The van der Waals surface area contributed by atoms with Gasteiger partial charge >= 0.3 is 0 Å². The van der Waals surface area contributed by atoms with Crippen LogP contribution < -0.4 is 0 Å². The molecule has 0 amide bonds. The van der Waals surface area contributed by atoms with E-state index in [0.717, 1.165) is 11.1 Å². The van der Waals surface area contributed by atoms with E-state index in [1.54, 1.807) is 0 Å². The molecule has 2 rings (SSSR count). The van der Waals surface area contributed by atoms with E-state index < -0.39 is 5.60 Å². The highest BCUT2D eigenvalue weighted by Gasteiger charge is 2.42. The maximum Gasteiger partial charge on any atom is 0.141 e. The Morgan fingerprint density at radius 1 is 1.15 bits per heavy atom. The molecular weight excluding hydrogens is 168 g/mol. The molecule has 0 aromatic rings. The lowest BCUT2D eigenvalue weighted by Crippen LogP contribution is -2.37. The lowest BCUT2D eigenvalue weighted by Gasteiger charge is -2.27. The molecule has 0 spiro atoms. The van der Waals surface area contributed by atoms with Crippen molar-refractivity contribution < 1.29 is 14.9 Å². The predicted molar refractivity (Wildman–Crippen MR) is 48.2 cm³/mol. The molecule has 3 heteroatoms. The summed E-state index contributed by atoms with van der Waals surface area (Å²) in [6, 6.07) is 0. The number of hydrogen-bond donors (Lipinski definition) is 2. The van der Waals surface area contributed by atoms with Crippen molar-refractivity contribution in [2.45, 2.75) is 5.60 Å². The SMILES string of the molecule is OCCOC1(CO)C2=CC=C1C=C2. The molecule has 0 fully saturated rings. The number of aliphatic hydroxyl groups is 2. The number of hydrogen-bond acceptors (Lipinski definition) is 3. The van der Waals surface area contributed by atoms with Crippen LogP contribution in [0.5, 0.6) is 0 Å². The van der Waals surface area contributed by atoms with Crippen LogP contribution in [0.1, 0.15) is 0 Å². The van der Waals surface area contributed by atoms with E-state index in [1.165, 1.54) is 0 Å². The van der Waals surface area contributed by atoms with Crippen molar-refractivity contribution in [2.75, 3.05) is 19.8 Å². The summed E-state index contributed by atoms with van der Waals surface area (Å²) in [5.74, 6) is 0. The molecular formula is C10H12O3. The second-order valence-electron chi connectivity index (χ2n) is 3.13. The molecule has 0 aliphatic heterocycles. The first-order valence-electron chi connectivity index (χ1n) is 4.30. The van der Waals surface area contributed by atoms with Crippen LogP contribution in [0.15, 0.2) is 35.5 Å². The lowest BCUT2D eigenvalue weighted by atomic mass is 9.97. The summed E-state index contributed by atoms with van der Waals surface area (Å²) < 4.78 is 5.48. The molecule has 0 saturated heterocycles. The zero-order valence-electron chi connectivity index (χ0n) is 7.23. The van der Waals surface area contributed by atoms with E-state index in [-0.39, 0.29) is 19.8 Å². The van der Waals surface area contributed by atoms with Gasteiger partial charge in [-0.2, -0.15) is 0 Å². The van der Waals surface area contributed by atoms with Crippen LogP contribution in [0, 0.1) is 0 Å². The van der Waals surface area contributed by atoms with Crippen LogP contribution >= 0.6 is 0 Å². The summed E-state index contributed by atoms with van der Waals surface area (Å²) in [5.41, 5.74) is 1.26. The maximum atomic E-state index is 9.30. The standard InChI is InChI=1S/C10H12O3/c11-5-6-13-10(7-12)8-1-2-9(10)4-3-8/h1-4,11-12H,5-7H2. The van der Waals surface area contributed by atoms with Crippen molar-refractivity contribution in [1.29, 1.82) is 0 Å². The fourth-order valence-electron chi connectivity index (χ4n) is 1.79. The number of ether oxygens (including phenoxy) is 1. The first kappa shape index (κ1) is 8.69. The fraction of sp³-hybridized carbons (Fsp3) is 0.400. The Bertz CT molecular complexity index is 277. The maximum absolute atomic E-state index is 9.30. The summed E-state index contributed by atoms with van der Waals surface area (Å²) in [5, 5.41) is 18.0. The van der Waals surface area contributed by atoms with Crippen molar-refractivity contribution in [3.8, 4) is 0 Å². The Kier molecular flexibility index (Phi) is 2.07. The number of fused-ring (bicyclic) bond motifs is 2. The average Bonchev–Trinajstić information content (AvgIpc) is 2.70. The van der Waals surface area contributed by atoms with E-state index in [4.69, 9.17) is 9.84 Å². The Labute approximate surface area is 76.6 Å². The van der Waals surface area contributed by atoms with Crippen molar-refractivity contribution >= 4 is 0 Å². The second kappa shape index (κ2) is 3.10. The smallest absolute Gasteiger partial charge is 0.141 e. The van der Waals surface area contributed by atoms with Crippen molar-refractivity contribution in [1.82, 2.24) is 0 Å². The number of rotatable bonds is 4. The van der Waals surface area contributed by atoms with E-state index in [2.05, 4.69) is 0 Å². The highest BCUT2D eigenvalue weighted by Crippen LogP contribution is 2.41. The molecule has 0 heterocycles. The molecule has 0 aromatic heterocycles. The predicted octanol–water partition coefficient (Wildman–Crippen LogP) is 0.163. The summed E-state index contributed by atoms with van der Waals surface area (Å²) in [6.45, 7) is 0.150. The van der Waals surface area contributed by atoms with Gasteiger partial charge in [0.25, 0.3) is 0 Å². The Morgan fingerprint density at radius 2 is 1.77 bits per heavy atom. The summed E-state index contributed by atoms with van der Waals surface area (Å²) in [6.07, 6.45) is 7.73. The van der Waals surface area contributed by atoms with Gasteiger partial charge < -0.3 is 14.9 Å². The lowest BCUT2D eigenvalue weighted by molar-refractivity contribution is -0.0324. The minimum Gasteiger partial charge on any atom is -0.394 e. The number of allylic oxidation sites excluding steroid dienone is 2. The van der Waals surface area contributed by atoms with Gasteiger partial charge in [-0.1, -0.05) is 24.3 Å². The van der Waals surface area contributed by atoms with Crippen LogP contribution in [-0.4, -0.2) is 35.6 Å². The molecule has 0 atom stereocenters. The van der Waals surface area contributed by atoms with E-state index in [0.29, 0.717) is 0 Å². The first-order valence-corrected chi connectivity index (χ1v) is 4.30. The van der Waals surface area contributed by atoms with Crippen molar-refractivity contribution in [3.05, 3.63) is 35.5 Å². The van der Waals surface area contributed by atoms with Gasteiger partial charge in [-0.15, -0.1) is 0 Å². The largest absolute Gasteiger partial charge is 0.394 e. The van der Waals surface area contributed by atoms with Gasteiger partial charge in [-0.25, -0.2) is 0 Å². The molecule has 0 saturated carbocycles. The molecule has 2 aliphatic carbocycles. The van der Waals surface area contributed by atoms with Crippen LogP contribution in [0.3, 0.4) is 0 Å². The van der Waals surface area contributed by atoms with Crippen molar-refractivity contribution in [3.63, 3.8) is 0 Å². The summed E-state index contributed by atoms with van der Waals surface area (Å²) >= 11 is 0. The van der Waals surface area contributed by atoms with E-state index >= 15 is 0 Å². The third-order valence-corrected chi connectivity index (χ3v) is 2.48.